The summed E-state index contributed by atoms with van der Waals surface area (Å²) in [6, 6.07) is 26.5. The number of benzene rings is 3. The van der Waals surface area contributed by atoms with Gasteiger partial charge in [-0.2, -0.15) is 0 Å². The van der Waals surface area contributed by atoms with Crippen molar-refractivity contribution in [2.75, 3.05) is 0 Å². The van der Waals surface area contributed by atoms with E-state index in [1.807, 2.05) is 45.9 Å². The van der Waals surface area contributed by atoms with Gasteiger partial charge in [-0.15, -0.1) is 0 Å². The maximum atomic E-state index is 4.05. The molecule has 0 heteroatoms. The Labute approximate surface area is 232 Å². The predicted octanol–water partition coefficient (Wildman–Crippen LogP) is 11.3. The molecule has 3 aromatic carbocycles. The van der Waals surface area contributed by atoms with Gasteiger partial charge in [0.1, 0.15) is 0 Å². The van der Waals surface area contributed by atoms with E-state index in [0.717, 1.165) is 0 Å². The monoisotopic (exact) mass is 500 g/mol. The van der Waals surface area contributed by atoms with Crippen LogP contribution in [0.2, 0.25) is 0 Å². The molecule has 0 radical (unpaired) electrons. The van der Waals surface area contributed by atoms with Crippen molar-refractivity contribution in [1.29, 1.82) is 0 Å². The molecule has 0 saturated carbocycles. The summed E-state index contributed by atoms with van der Waals surface area (Å²) in [5.74, 6) is 0. The van der Waals surface area contributed by atoms with Gasteiger partial charge in [0.15, 0.2) is 0 Å². The lowest BCUT2D eigenvalue weighted by atomic mass is 9.66. The minimum atomic E-state index is -0.404. The van der Waals surface area contributed by atoms with E-state index in [1.54, 1.807) is 0 Å². The maximum absolute atomic E-state index is 4.05. The third kappa shape index (κ3) is 5.81. The summed E-state index contributed by atoms with van der Waals surface area (Å²) in [6.45, 7) is 18.3. The van der Waals surface area contributed by atoms with Gasteiger partial charge in [-0.3, -0.25) is 0 Å². The van der Waals surface area contributed by atoms with Gasteiger partial charge in [0.25, 0.3) is 0 Å². The summed E-state index contributed by atoms with van der Waals surface area (Å²) in [5.41, 5.74) is 9.84. The van der Waals surface area contributed by atoms with Crippen molar-refractivity contribution in [2.24, 2.45) is 0 Å². The zero-order valence-corrected chi connectivity index (χ0v) is 24.3. The highest BCUT2D eigenvalue weighted by Gasteiger charge is 2.47. The van der Waals surface area contributed by atoms with Gasteiger partial charge < -0.3 is 0 Å². The molecule has 0 amide bonds. The average Bonchev–Trinajstić information content (AvgIpc) is 3.29. The van der Waals surface area contributed by atoms with E-state index in [0.29, 0.717) is 0 Å². The van der Waals surface area contributed by atoms with Gasteiger partial charge in [-0.1, -0.05) is 148 Å². The van der Waals surface area contributed by atoms with Crippen LogP contribution >= 0.6 is 0 Å². The van der Waals surface area contributed by atoms with Crippen molar-refractivity contribution in [3.8, 4) is 11.1 Å². The Bertz CT molecular complexity index is 1320. The molecule has 4 rings (SSSR count). The third-order valence-corrected chi connectivity index (χ3v) is 6.65. The number of hydrogen-bond acceptors (Lipinski definition) is 0. The number of allylic oxidation sites excluding steroid dienone is 11. The summed E-state index contributed by atoms with van der Waals surface area (Å²) in [5, 5.41) is 0. The average molecular weight is 501 g/mol. The second-order valence-electron chi connectivity index (χ2n) is 8.66. The first kappa shape index (κ1) is 30.3. The highest BCUT2D eigenvalue weighted by Crippen LogP contribution is 2.58. The predicted molar refractivity (Wildman–Crippen MR) is 172 cm³/mol. The van der Waals surface area contributed by atoms with Gasteiger partial charge in [0, 0.05) is 0 Å². The van der Waals surface area contributed by atoms with Crippen LogP contribution in [0, 0.1) is 0 Å². The van der Waals surface area contributed by atoms with Crippen LogP contribution in [0.4, 0.5) is 0 Å². The van der Waals surface area contributed by atoms with E-state index in [4.69, 9.17) is 0 Å². The number of fused-ring (bicyclic) bond motifs is 3. The Morgan fingerprint density at radius 1 is 0.658 bits per heavy atom. The zero-order valence-electron chi connectivity index (χ0n) is 24.3. The Morgan fingerprint density at radius 3 is 1.84 bits per heavy atom. The second-order valence-corrected chi connectivity index (χ2v) is 8.66. The molecule has 0 N–H and O–H groups in total. The fourth-order valence-corrected chi connectivity index (χ4v) is 5.18. The molecule has 0 spiro atoms. The van der Waals surface area contributed by atoms with Gasteiger partial charge >= 0.3 is 0 Å². The normalized spacial score (nSPS) is 16.5. The molecule has 196 valence electrons. The first-order chi connectivity index (χ1) is 18.6. The minimum Gasteiger partial charge on any atom is -0.0991 e. The summed E-state index contributed by atoms with van der Waals surface area (Å²) >= 11 is 0. The Morgan fingerprint density at radius 2 is 1.26 bits per heavy atom. The summed E-state index contributed by atoms with van der Waals surface area (Å²) < 4.78 is 0. The Kier molecular flexibility index (Phi) is 12.3. The van der Waals surface area contributed by atoms with Crippen LogP contribution in [-0.2, 0) is 5.41 Å². The molecule has 1 unspecified atom stereocenters. The lowest BCUT2D eigenvalue weighted by molar-refractivity contribution is 0.766. The van der Waals surface area contributed by atoms with Crippen molar-refractivity contribution < 1.29 is 0 Å². The Hall–Kier alpha value is -3.90. The lowest BCUT2D eigenvalue weighted by Gasteiger charge is -2.34. The van der Waals surface area contributed by atoms with Crippen molar-refractivity contribution in [2.45, 2.75) is 53.9 Å². The molecule has 0 aromatic heterocycles. The van der Waals surface area contributed by atoms with E-state index in [2.05, 4.69) is 137 Å². The molecule has 0 bridgehead atoms. The molecule has 1 atom stereocenters. The van der Waals surface area contributed by atoms with Crippen LogP contribution in [-0.4, -0.2) is 0 Å². The van der Waals surface area contributed by atoms with Crippen molar-refractivity contribution >= 4 is 5.57 Å². The topological polar surface area (TPSA) is 0 Å². The van der Waals surface area contributed by atoms with Gasteiger partial charge in [-0.05, 0) is 79.1 Å². The summed E-state index contributed by atoms with van der Waals surface area (Å²) in [4.78, 5) is 0. The number of hydrogen-bond donors (Lipinski definition) is 0. The standard InChI is InChI=1S/C32H30.C4H8.C2H6/c1-5-15-24(8-4)27-21-14-23-30-31(27)28-20-12-13-22-29(28)32(30,25(16-6-2)17-7-3)26-18-10-9-11-19-26;1-3-4-2;1-2/h5-23H,2H2,1,3-4H3;3-4H,1-2H3;1-2H3/b15-5-,17-7-,24-8+,25-16+;4-3+;. The largest absolute Gasteiger partial charge is 0.0991 e. The van der Waals surface area contributed by atoms with Crippen molar-refractivity contribution in [3.63, 3.8) is 0 Å². The molecule has 0 saturated heterocycles. The molecule has 3 aromatic rings. The smallest absolute Gasteiger partial charge is 0.0713 e. The van der Waals surface area contributed by atoms with E-state index in [-0.39, 0.29) is 0 Å². The SMILES string of the molecule is C/C=C/C.C=C/C=C(\C=C/C)C1(c2ccccc2)c2ccccc2-c2c(C(/C=C\C)=C/C)cccc21.CC. The van der Waals surface area contributed by atoms with Gasteiger partial charge in [-0.25, -0.2) is 0 Å². The van der Waals surface area contributed by atoms with Gasteiger partial charge in [0.2, 0.25) is 0 Å². The first-order valence-corrected chi connectivity index (χ1v) is 13.8. The molecule has 1 aliphatic carbocycles. The fourth-order valence-electron chi connectivity index (χ4n) is 5.18. The zero-order chi connectivity index (χ0) is 28.0. The van der Waals surface area contributed by atoms with Gasteiger partial charge in [0.05, 0.1) is 5.41 Å². The highest BCUT2D eigenvalue weighted by atomic mass is 14.5. The molecule has 0 fully saturated rings. The van der Waals surface area contributed by atoms with Crippen LogP contribution in [0.3, 0.4) is 0 Å². The van der Waals surface area contributed by atoms with E-state index in [9.17, 15) is 0 Å². The lowest BCUT2D eigenvalue weighted by Crippen LogP contribution is -2.29. The summed E-state index contributed by atoms with van der Waals surface area (Å²) in [6.07, 6.45) is 18.9. The van der Waals surface area contributed by atoms with E-state index < -0.39 is 5.41 Å². The molecule has 0 nitrogen and oxygen atoms in total. The highest BCUT2D eigenvalue weighted by molar-refractivity contribution is 5.95. The van der Waals surface area contributed by atoms with Crippen molar-refractivity contribution in [3.05, 3.63) is 162 Å². The van der Waals surface area contributed by atoms with E-state index >= 15 is 0 Å². The second kappa shape index (κ2) is 15.4. The molecular weight excluding hydrogens is 456 g/mol. The van der Waals surface area contributed by atoms with Crippen LogP contribution < -0.4 is 0 Å². The summed E-state index contributed by atoms with van der Waals surface area (Å²) in [7, 11) is 0. The van der Waals surface area contributed by atoms with Crippen molar-refractivity contribution in [1.82, 2.24) is 0 Å². The maximum Gasteiger partial charge on any atom is 0.0713 e. The van der Waals surface area contributed by atoms with Crippen LogP contribution in [0.25, 0.3) is 16.7 Å². The third-order valence-electron chi connectivity index (χ3n) is 6.65. The molecule has 0 aliphatic heterocycles. The number of rotatable bonds is 6. The molecule has 1 aliphatic rings. The first-order valence-electron chi connectivity index (χ1n) is 13.8. The fraction of sp³-hybridized carbons (Fsp3) is 0.211. The minimum absolute atomic E-state index is 0.404. The van der Waals surface area contributed by atoms with E-state index in [1.165, 1.54) is 44.5 Å². The Balaban J connectivity index is 0.000000773. The molecular formula is C38H44. The quantitative estimate of drug-likeness (QED) is 0.233. The van der Waals surface area contributed by atoms with Crippen LogP contribution in [0.5, 0.6) is 0 Å². The van der Waals surface area contributed by atoms with Crippen LogP contribution in [0.15, 0.2) is 140 Å². The van der Waals surface area contributed by atoms with Crippen LogP contribution in [0.1, 0.15) is 70.7 Å². The molecule has 0 heterocycles. The molecule has 38 heavy (non-hydrogen) atoms.